The van der Waals surface area contributed by atoms with Gasteiger partial charge in [0.2, 0.25) is 0 Å². The standard InChI is InChI=1S/C6H11N3O3/c1-2(10)3(7)4-5(11)9-6(12)8-4/h2-4,10H,7H2,1H3,(H2,8,9,11,12)/t2-,3+,4?/m0/s1. The molecule has 1 rings (SSSR count). The molecule has 0 aromatic heterocycles. The first kappa shape index (κ1) is 8.95. The molecule has 68 valence electrons. The summed E-state index contributed by atoms with van der Waals surface area (Å²) in [7, 11) is 0. The highest BCUT2D eigenvalue weighted by molar-refractivity contribution is 6.04. The second kappa shape index (κ2) is 3.08. The Kier molecular flexibility index (Phi) is 2.30. The first-order valence-electron chi connectivity index (χ1n) is 3.57. The van der Waals surface area contributed by atoms with Crippen LogP contribution < -0.4 is 16.4 Å². The summed E-state index contributed by atoms with van der Waals surface area (Å²) < 4.78 is 0. The van der Waals surface area contributed by atoms with E-state index in [-0.39, 0.29) is 0 Å². The van der Waals surface area contributed by atoms with Crippen molar-refractivity contribution < 1.29 is 14.7 Å². The maximum atomic E-state index is 10.9. The van der Waals surface area contributed by atoms with Gasteiger partial charge in [0.15, 0.2) is 0 Å². The van der Waals surface area contributed by atoms with Crippen LogP contribution >= 0.6 is 0 Å². The Labute approximate surface area is 69.1 Å². The highest BCUT2D eigenvalue weighted by Crippen LogP contribution is 2.01. The largest absolute Gasteiger partial charge is 0.392 e. The summed E-state index contributed by atoms with van der Waals surface area (Å²) in [5, 5.41) is 13.4. The van der Waals surface area contributed by atoms with Gasteiger partial charge < -0.3 is 16.2 Å². The molecule has 3 atom stereocenters. The Hall–Kier alpha value is -1.14. The summed E-state index contributed by atoms with van der Waals surface area (Å²) >= 11 is 0. The first-order chi connectivity index (χ1) is 5.52. The van der Waals surface area contributed by atoms with E-state index in [4.69, 9.17) is 10.8 Å². The van der Waals surface area contributed by atoms with Crippen LogP contribution in [0, 0.1) is 0 Å². The van der Waals surface area contributed by atoms with Crippen LogP contribution in [-0.2, 0) is 4.79 Å². The van der Waals surface area contributed by atoms with E-state index in [1.165, 1.54) is 6.92 Å². The Morgan fingerprint density at radius 3 is 2.50 bits per heavy atom. The van der Waals surface area contributed by atoms with Crippen LogP contribution in [0.1, 0.15) is 6.92 Å². The van der Waals surface area contributed by atoms with Crippen molar-refractivity contribution in [3.05, 3.63) is 0 Å². The van der Waals surface area contributed by atoms with E-state index in [1.54, 1.807) is 0 Å². The van der Waals surface area contributed by atoms with Crippen molar-refractivity contribution in [1.82, 2.24) is 10.6 Å². The van der Waals surface area contributed by atoms with Crippen molar-refractivity contribution in [3.63, 3.8) is 0 Å². The minimum Gasteiger partial charge on any atom is -0.392 e. The fourth-order valence-corrected chi connectivity index (χ4v) is 0.982. The van der Waals surface area contributed by atoms with E-state index >= 15 is 0 Å². The van der Waals surface area contributed by atoms with Crippen LogP contribution in [0.4, 0.5) is 4.79 Å². The van der Waals surface area contributed by atoms with Crippen molar-refractivity contribution in [2.45, 2.75) is 25.1 Å². The van der Waals surface area contributed by atoms with Gasteiger partial charge >= 0.3 is 6.03 Å². The van der Waals surface area contributed by atoms with Gasteiger partial charge in [-0.25, -0.2) is 4.79 Å². The average Bonchev–Trinajstić information content (AvgIpc) is 2.28. The van der Waals surface area contributed by atoms with E-state index in [2.05, 4.69) is 5.32 Å². The van der Waals surface area contributed by atoms with Crippen LogP contribution in [0.2, 0.25) is 0 Å². The molecule has 1 aliphatic heterocycles. The number of nitrogens with two attached hydrogens (primary N) is 1. The van der Waals surface area contributed by atoms with Crippen molar-refractivity contribution in [1.29, 1.82) is 0 Å². The summed E-state index contributed by atoms with van der Waals surface area (Å²) in [5.41, 5.74) is 5.45. The second-order valence-electron chi connectivity index (χ2n) is 2.76. The highest BCUT2D eigenvalue weighted by Gasteiger charge is 2.36. The van der Waals surface area contributed by atoms with Crippen LogP contribution in [0.5, 0.6) is 0 Å². The zero-order chi connectivity index (χ0) is 9.30. The van der Waals surface area contributed by atoms with Crippen LogP contribution in [-0.4, -0.2) is 35.2 Å². The molecule has 3 amide bonds. The lowest BCUT2D eigenvalue weighted by molar-refractivity contribution is -0.121. The van der Waals surface area contributed by atoms with Gasteiger partial charge in [-0.3, -0.25) is 10.1 Å². The molecule has 0 aromatic rings. The Morgan fingerprint density at radius 2 is 2.17 bits per heavy atom. The number of aliphatic hydroxyl groups is 1. The van der Waals surface area contributed by atoms with E-state index in [1.807, 2.05) is 5.32 Å². The molecule has 0 saturated carbocycles. The molecule has 0 spiro atoms. The molecule has 0 radical (unpaired) electrons. The predicted molar refractivity (Wildman–Crippen MR) is 40.1 cm³/mol. The minimum absolute atomic E-state index is 0.492. The number of hydrogen-bond acceptors (Lipinski definition) is 4. The molecule has 0 aliphatic carbocycles. The molecule has 5 N–H and O–H groups in total. The molecule has 6 nitrogen and oxygen atoms in total. The lowest BCUT2D eigenvalue weighted by Crippen LogP contribution is -2.51. The van der Waals surface area contributed by atoms with E-state index in [9.17, 15) is 9.59 Å². The van der Waals surface area contributed by atoms with Gasteiger partial charge in [-0.15, -0.1) is 0 Å². The summed E-state index contributed by atoms with van der Waals surface area (Å²) in [6.07, 6.45) is -0.834. The van der Waals surface area contributed by atoms with Crippen molar-refractivity contribution in [2.75, 3.05) is 0 Å². The summed E-state index contributed by atoms with van der Waals surface area (Å²) in [6, 6.07) is -2.16. The smallest absolute Gasteiger partial charge is 0.322 e. The maximum absolute atomic E-state index is 10.9. The normalized spacial score (nSPS) is 27.8. The monoisotopic (exact) mass is 173 g/mol. The molecule has 1 fully saturated rings. The van der Waals surface area contributed by atoms with Crippen molar-refractivity contribution in [2.24, 2.45) is 5.73 Å². The minimum atomic E-state index is -0.834. The van der Waals surface area contributed by atoms with E-state index < -0.39 is 30.1 Å². The van der Waals surface area contributed by atoms with Gasteiger partial charge in [0, 0.05) is 0 Å². The molecule has 0 bridgehead atoms. The second-order valence-corrected chi connectivity index (χ2v) is 2.76. The fourth-order valence-electron chi connectivity index (χ4n) is 0.982. The van der Waals surface area contributed by atoms with Crippen molar-refractivity contribution >= 4 is 11.9 Å². The number of carbonyl (C=O) groups is 2. The summed E-state index contributed by atoms with van der Waals surface area (Å²) in [4.78, 5) is 21.6. The Balaban J connectivity index is 2.64. The zero-order valence-corrected chi connectivity index (χ0v) is 6.57. The number of amides is 3. The Bertz CT molecular complexity index is 216. The topological polar surface area (TPSA) is 104 Å². The highest BCUT2D eigenvalue weighted by atomic mass is 16.3. The van der Waals surface area contributed by atoms with Gasteiger partial charge in [-0.1, -0.05) is 0 Å². The lowest BCUT2D eigenvalue weighted by atomic mass is 10.1. The molecule has 1 saturated heterocycles. The third-order valence-electron chi connectivity index (χ3n) is 1.75. The number of imide groups is 1. The Morgan fingerprint density at radius 1 is 1.58 bits per heavy atom. The number of carbonyl (C=O) groups excluding carboxylic acids is 2. The first-order valence-corrected chi connectivity index (χ1v) is 3.57. The molecular weight excluding hydrogens is 162 g/mol. The number of urea groups is 1. The predicted octanol–water partition coefficient (Wildman–Crippen LogP) is -2.10. The SMILES string of the molecule is C[C@H](O)[C@@H](N)C1NC(=O)NC1=O. The van der Waals surface area contributed by atoms with Gasteiger partial charge in [-0.05, 0) is 6.92 Å². The molecule has 1 heterocycles. The molecule has 1 aliphatic rings. The molecule has 6 heteroatoms. The quantitative estimate of drug-likeness (QED) is 0.359. The van der Waals surface area contributed by atoms with Gasteiger partial charge in [0.05, 0.1) is 12.1 Å². The maximum Gasteiger partial charge on any atom is 0.322 e. The third kappa shape index (κ3) is 1.54. The molecule has 0 aromatic carbocycles. The summed E-state index contributed by atoms with van der Waals surface area (Å²) in [5.74, 6) is -0.492. The molecular formula is C6H11N3O3. The van der Waals surface area contributed by atoms with Crippen LogP contribution in [0.3, 0.4) is 0 Å². The number of nitrogens with one attached hydrogen (secondary N) is 2. The zero-order valence-electron chi connectivity index (χ0n) is 6.57. The number of aliphatic hydroxyl groups excluding tert-OH is 1. The lowest BCUT2D eigenvalue weighted by Gasteiger charge is -2.18. The summed E-state index contributed by atoms with van der Waals surface area (Å²) in [6.45, 7) is 1.46. The van der Waals surface area contributed by atoms with Crippen LogP contribution in [0.15, 0.2) is 0 Å². The van der Waals surface area contributed by atoms with Crippen LogP contribution in [0.25, 0.3) is 0 Å². The third-order valence-corrected chi connectivity index (χ3v) is 1.75. The molecule has 1 unspecified atom stereocenters. The average molecular weight is 173 g/mol. The number of hydrogen-bond donors (Lipinski definition) is 4. The fraction of sp³-hybridized carbons (Fsp3) is 0.667. The van der Waals surface area contributed by atoms with Gasteiger partial charge in [0.25, 0.3) is 5.91 Å². The molecule has 12 heavy (non-hydrogen) atoms. The number of rotatable bonds is 2. The van der Waals surface area contributed by atoms with Gasteiger partial charge in [0.1, 0.15) is 6.04 Å². The van der Waals surface area contributed by atoms with E-state index in [0.29, 0.717) is 0 Å². The van der Waals surface area contributed by atoms with Crippen molar-refractivity contribution in [3.8, 4) is 0 Å². The van der Waals surface area contributed by atoms with Gasteiger partial charge in [-0.2, -0.15) is 0 Å². The van der Waals surface area contributed by atoms with E-state index in [0.717, 1.165) is 0 Å².